The van der Waals surface area contributed by atoms with Gasteiger partial charge in [0.2, 0.25) is 5.91 Å². The SMILES string of the molecule is Cc1nnc(SC(C)C(=O)NC(C)C)n1CCN. The van der Waals surface area contributed by atoms with Gasteiger partial charge in [-0.15, -0.1) is 10.2 Å². The fourth-order valence-electron chi connectivity index (χ4n) is 1.45. The lowest BCUT2D eigenvalue weighted by Gasteiger charge is -2.14. The molecule has 3 N–H and O–H groups in total. The normalized spacial score (nSPS) is 12.8. The van der Waals surface area contributed by atoms with Crippen LogP contribution in [-0.2, 0) is 11.3 Å². The average molecular weight is 271 g/mol. The highest BCUT2D eigenvalue weighted by Gasteiger charge is 2.19. The highest BCUT2D eigenvalue weighted by molar-refractivity contribution is 8.00. The van der Waals surface area contributed by atoms with Crippen molar-refractivity contribution in [3.05, 3.63) is 5.82 Å². The van der Waals surface area contributed by atoms with E-state index < -0.39 is 0 Å². The van der Waals surface area contributed by atoms with Crippen LogP contribution in [0.5, 0.6) is 0 Å². The number of nitrogens with one attached hydrogen (secondary N) is 1. The van der Waals surface area contributed by atoms with Gasteiger partial charge in [-0.05, 0) is 27.7 Å². The summed E-state index contributed by atoms with van der Waals surface area (Å²) >= 11 is 1.40. The van der Waals surface area contributed by atoms with E-state index in [2.05, 4.69) is 15.5 Å². The standard InChI is InChI=1S/C11H21N5OS/c1-7(2)13-10(17)8(3)18-11-15-14-9(4)16(11)6-5-12/h7-8H,5-6,12H2,1-4H3,(H,13,17). The van der Waals surface area contributed by atoms with Gasteiger partial charge in [0.1, 0.15) is 5.82 Å². The number of hydrogen-bond acceptors (Lipinski definition) is 5. The van der Waals surface area contributed by atoms with Crippen LogP contribution in [0.15, 0.2) is 5.16 Å². The smallest absolute Gasteiger partial charge is 0.233 e. The summed E-state index contributed by atoms with van der Waals surface area (Å²) in [7, 11) is 0. The number of thioether (sulfide) groups is 1. The van der Waals surface area contributed by atoms with Gasteiger partial charge in [0.05, 0.1) is 5.25 Å². The first-order chi connectivity index (χ1) is 8.45. The molecule has 0 aliphatic rings. The molecule has 0 radical (unpaired) electrons. The quantitative estimate of drug-likeness (QED) is 0.738. The molecule has 1 aromatic rings. The van der Waals surface area contributed by atoms with Gasteiger partial charge in [-0.2, -0.15) is 0 Å². The van der Waals surface area contributed by atoms with Crippen molar-refractivity contribution in [1.29, 1.82) is 0 Å². The minimum Gasteiger partial charge on any atom is -0.353 e. The Balaban J connectivity index is 2.69. The maximum Gasteiger partial charge on any atom is 0.233 e. The second kappa shape index (κ2) is 6.75. The largest absolute Gasteiger partial charge is 0.353 e. The van der Waals surface area contributed by atoms with Crippen LogP contribution in [0.1, 0.15) is 26.6 Å². The summed E-state index contributed by atoms with van der Waals surface area (Å²) in [5.41, 5.74) is 5.55. The first-order valence-corrected chi connectivity index (χ1v) is 6.90. The third-order valence-electron chi connectivity index (χ3n) is 2.34. The molecule has 0 fully saturated rings. The van der Waals surface area contributed by atoms with Crippen molar-refractivity contribution >= 4 is 17.7 Å². The lowest BCUT2D eigenvalue weighted by atomic mass is 10.3. The molecule has 1 amide bonds. The third-order valence-corrected chi connectivity index (χ3v) is 3.42. The molecule has 18 heavy (non-hydrogen) atoms. The molecule has 0 saturated carbocycles. The number of rotatable bonds is 6. The van der Waals surface area contributed by atoms with Crippen LogP contribution in [0.2, 0.25) is 0 Å². The van der Waals surface area contributed by atoms with Gasteiger partial charge in [0.25, 0.3) is 0 Å². The van der Waals surface area contributed by atoms with Crippen molar-refractivity contribution in [2.75, 3.05) is 6.54 Å². The predicted molar refractivity (Wildman–Crippen MR) is 72.4 cm³/mol. The molecule has 1 rings (SSSR count). The molecular weight excluding hydrogens is 250 g/mol. The van der Waals surface area contributed by atoms with Crippen LogP contribution in [0.4, 0.5) is 0 Å². The van der Waals surface area contributed by atoms with E-state index in [1.54, 1.807) is 0 Å². The Morgan fingerprint density at radius 2 is 2.11 bits per heavy atom. The molecule has 0 aromatic carbocycles. The van der Waals surface area contributed by atoms with E-state index in [4.69, 9.17) is 5.73 Å². The predicted octanol–water partition coefficient (Wildman–Crippen LogP) is 0.550. The molecule has 1 aromatic heterocycles. The van der Waals surface area contributed by atoms with Crippen molar-refractivity contribution in [3.8, 4) is 0 Å². The minimum atomic E-state index is -0.201. The van der Waals surface area contributed by atoms with Crippen LogP contribution in [0.25, 0.3) is 0 Å². The van der Waals surface area contributed by atoms with Crippen molar-refractivity contribution in [2.24, 2.45) is 5.73 Å². The van der Waals surface area contributed by atoms with E-state index in [0.717, 1.165) is 11.0 Å². The van der Waals surface area contributed by atoms with Gasteiger partial charge < -0.3 is 15.6 Å². The number of amides is 1. The van der Waals surface area contributed by atoms with Gasteiger partial charge in [0, 0.05) is 19.1 Å². The zero-order valence-electron chi connectivity index (χ0n) is 11.3. The molecule has 1 unspecified atom stereocenters. The number of carbonyl (C=O) groups is 1. The van der Waals surface area contributed by atoms with Gasteiger partial charge in [-0.25, -0.2) is 0 Å². The Hall–Kier alpha value is -1.08. The maximum absolute atomic E-state index is 11.8. The number of carbonyl (C=O) groups excluding carboxylic acids is 1. The Labute approximate surface area is 112 Å². The Morgan fingerprint density at radius 3 is 2.67 bits per heavy atom. The number of aryl methyl sites for hydroxylation is 1. The monoisotopic (exact) mass is 271 g/mol. The summed E-state index contributed by atoms with van der Waals surface area (Å²) in [5.74, 6) is 0.828. The number of aromatic nitrogens is 3. The highest BCUT2D eigenvalue weighted by Crippen LogP contribution is 2.22. The molecule has 0 saturated heterocycles. The van der Waals surface area contributed by atoms with Crippen LogP contribution >= 0.6 is 11.8 Å². The van der Waals surface area contributed by atoms with Gasteiger partial charge in [0.15, 0.2) is 5.16 Å². The van der Waals surface area contributed by atoms with E-state index in [1.165, 1.54) is 11.8 Å². The topological polar surface area (TPSA) is 85.8 Å². The maximum atomic E-state index is 11.8. The summed E-state index contributed by atoms with van der Waals surface area (Å²) in [6.07, 6.45) is 0. The summed E-state index contributed by atoms with van der Waals surface area (Å²) in [6.45, 7) is 8.82. The van der Waals surface area contributed by atoms with E-state index in [9.17, 15) is 4.79 Å². The van der Waals surface area contributed by atoms with Crippen molar-refractivity contribution in [2.45, 2.75) is 50.7 Å². The van der Waals surface area contributed by atoms with Crippen LogP contribution < -0.4 is 11.1 Å². The number of hydrogen-bond donors (Lipinski definition) is 2. The van der Waals surface area contributed by atoms with Crippen LogP contribution in [0, 0.1) is 6.92 Å². The average Bonchev–Trinajstić information content (AvgIpc) is 2.61. The number of nitrogens with two attached hydrogens (primary N) is 1. The zero-order valence-corrected chi connectivity index (χ0v) is 12.1. The first kappa shape index (κ1) is 15.0. The first-order valence-electron chi connectivity index (χ1n) is 6.02. The molecule has 1 heterocycles. The Kier molecular flexibility index (Phi) is 5.61. The summed E-state index contributed by atoms with van der Waals surface area (Å²) in [4.78, 5) is 11.8. The zero-order chi connectivity index (χ0) is 13.7. The van der Waals surface area contributed by atoms with Gasteiger partial charge >= 0.3 is 0 Å². The van der Waals surface area contributed by atoms with E-state index in [0.29, 0.717) is 13.1 Å². The molecule has 102 valence electrons. The molecule has 0 spiro atoms. The second-order valence-electron chi connectivity index (χ2n) is 4.39. The summed E-state index contributed by atoms with van der Waals surface area (Å²) in [5, 5.41) is 11.5. The molecule has 1 atom stereocenters. The molecular formula is C11H21N5OS. The van der Waals surface area contributed by atoms with Gasteiger partial charge in [-0.3, -0.25) is 4.79 Å². The Bertz CT molecular complexity index is 404. The summed E-state index contributed by atoms with van der Waals surface area (Å²) < 4.78 is 1.93. The van der Waals surface area contributed by atoms with Crippen LogP contribution in [-0.4, -0.2) is 38.5 Å². The highest BCUT2D eigenvalue weighted by atomic mass is 32.2. The number of nitrogens with zero attached hydrogens (tertiary/aromatic N) is 3. The fraction of sp³-hybridized carbons (Fsp3) is 0.727. The lowest BCUT2D eigenvalue weighted by Crippen LogP contribution is -2.36. The second-order valence-corrected chi connectivity index (χ2v) is 5.70. The van der Waals surface area contributed by atoms with Crippen molar-refractivity contribution in [3.63, 3.8) is 0 Å². The van der Waals surface area contributed by atoms with Crippen molar-refractivity contribution < 1.29 is 4.79 Å². The van der Waals surface area contributed by atoms with E-state index >= 15 is 0 Å². The fourth-order valence-corrected chi connectivity index (χ4v) is 2.38. The lowest BCUT2D eigenvalue weighted by molar-refractivity contribution is -0.120. The van der Waals surface area contributed by atoms with Crippen molar-refractivity contribution in [1.82, 2.24) is 20.1 Å². The van der Waals surface area contributed by atoms with E-state index in [1.807, 2.05) is 32.3 Å². The summed E-state index contributed by atoms with van der Waals surface area (Å²) in [6, 6.07) is 0.143. The molecule has 7 heteroatoms. The Morgan fingerprint density at radius 1 is 1.44 bits per heavy atom. The van der Waals surface area contributed by atoms with Gasteiger partial charge in [-0.1, -0.05) is 11.8 Å². The molecule has 0 aliphatic heterocycles. The molecule has 0 bridgehead atoms. The van der Waals surface area contributed by atoms with Crippen LogP contribution in [0.3, 0.4) is 0 Å². The third kappa shape index (κ3) is 3.99. The molecule has 0 aliphatic carbocycles. The molecule has 6 nitrogen and oxygen atoms in total. The minimum absolute atomic E-state index is 0.00921. The van der Waals surface area contributed by atoms with E-state index in [-0.39, 0.29) is 17.2 Å².